The SMILES string of the molecule is C#CCn1cc(CN(C)C(=O)CC(C)(O)c2ccccc2)cn1. The average Bonchev–Trinajstić information content (AvgIpc) is 2.95. The van der Waals surface area contributed by atoms with Crippen molar-refractivity contribution in [1.82, 2.24) is 14.7 Å². The minimum absolute atomic E-state index is 0.0198. The zero-order valence-electron chi connectivity index (χ0n) is 13.4. The predicted molar refractivity (Wildman–Crippen MR) is 88.2 cm³/mol. The molecule has 1 aromatic heterocycles. The summed E-state index contributed by atoms with van der Waals surface area (Å²) in [5, 5.41) is 14.7. The Hall–Kier alpha value is -2.58. The molecule has 0 bridgehead atoms. The molecule has 2 rings (SSSR count). The molecule has 1 unspecified atom stereocenters. The number of hydrogen-bond acceptors (Lipinski definition) is 3. The molecular weight excluding hydrogens is 290 g/mol. The van der Waals surface area contributed by atoms with Gasteiger partial charge in [-0.25, -0.2) is 0 Å². The van der Waals surface area contributed by atoms with Crippen molar-refractivity contribution in [3.63, 3.8) is 0 Å². The van der Waals surface area contributed by atoms with E-state index in [9.17, 15) is 9.90 Å². The Kier molecular flexibility index (Phi) is 5.20. The molecule has 0 spiro atoms. The molecule has 1 amide bonds. The molecule has 0 saturated carbocycles. The van der Waals surface area contributed by atoms with Gasteiger partial charge in [0.1, 0.15) is 6.54 Å². The van der Waals surface area contributed by atoms with Gasteiger partial charge in [-0.1, -0.05) is 36.3 Å². The first-order valence-electron chi connectivity index (χ1n) is 7.39. The minimum Gasteiger partial charge on any atom is -0.385 e. The van der Waals surface area contributed by atoms with Crippen LogP contribution in [0.3, 0.4) is 0 Å². The van der Waals surface area contributed by atoms with Gasteiger partial charge in [0.15, 0.2) is 0 Å². The van der Waals surface area contributed by atoms with E-state index in [0.717, 1.165) is 11.1 Å². The second-order valence-electron chi connectivity index (χ2n) is 5.82. The highest BCUT2D eigenvalue weighted by molar-refractivity contribution is 5.77. The van der Waals surface area contributed by atoms with Crippen molar-refractivity contribution in [2.45, 2.75) is 32.0 Å². The van der Waals surface area contributed by atoms with Gasteiger partial charge in [-0.2, -0.15) is 5.10 Å². The molecule has 0 fully saturated rings. The van der Waals surface area contributed by atoms with Crippen LogP contribution in [0.25, 0.3) is 0 Å². The fourth-order valence-corrected chi connectivity index (χ4v) is 2.36. The zero-order chi connectivity index (χ0) is 16.9. The third-order valence-corrected chi connectivity index (χ3v) is 3.68. The fourth-order valence-electron chi connectivity index (χ4n) is 2.36. The summed E-state index contributed by atoms with van der Waals surface area (Å²) >= 11 is 0. The van der Waals surface area contributed by atoms with Crippen LogP contribution in [0.4, 0.5) is 0 Å². The lowest BCUT2D eigenvalue weighted by molar-refractivity contribution is -0.135. The quantitative estimate of drug-likeness (QED) is 0.827. The Morgan fingerprint density at radius 1 is 1.43 bits per heavy atom. The number of amides is 1. The van der Waals surface area contributed by atoms with Gasteiger partial charge in [0.2, 0.25) is 5.91 Å². The molecule has 1 atom stereocenters. The van der Waals surface area contributed by atoms with E-state index in [4.69, 9.17) is 6.42 Å². The lowest BCUT2D eigenvalue weighted by atomic mass is 9.92. The Morgan fingerprint density at radius 3 is 2.78 bits per heavy atom. The minimum atomic E-state index is -1.19. The highest BCUT2D eigenvalue weighted by Gasteiger charge is 2.28. The number of hydrogen-bond donors (Lipinski definition) is 1. The Balaban J connectivity index is 1.98. The van der Waals surface area contributed by atoms with Crippen LogP contribution in [0.2, 0.25) is 0 Å². The van der Waals surface area contributed by atoms with Crippen LogP contribution in [0.1, 0.15) is 24.5 Å². The topological polar surface area (TPSA) is 58.4 Å². The maximum absolute atomic E-state index is 12.4. The predicted octanol–water partition coefficient (Wildman–Crippen LogP) is 1.77. The molecule has 0 radical (unpaired) electrons. The van der Waals surface area contributed by atoms with E-state index in [1.54, 1.807) is 29.7 Å². The van der Waals surface area contributed by atoms with Gasteiger partial charge in [0, 0.05) is 25.4 Å². The smallest absolute Gasteiger partial charge is 0.225 e. The first-order valence-corrected chi connectivity index (χ1v) is 7.39. The molecule has 0 aliphatic carbocycles. The van der Waals surface area contributed by atoms with Gasteiger partial charge in [-0.05, 0) is 12.5 Å². The van der Waals surface area contributed by atoms with E-state index in [-0.39, 0.29) is 12.3 Å². The highest BCUT2D eigenvalue weighted by atomic mass is 16.3. The number of carbonyl (C=O) groups is 1. The molecule has 23 heavy (non-hydrogen) atoms. The standard InChI is InChI=1S/C18H21N3O2/c1-4-10-21-14-15(12-19-21)13-20(3)17(22)11-18(2,23)16-8-6-5-7-9-16/h1,5-9,12,14,23H,10-11,13H2,2-3H3. The molecular formula is C18H21N3O2. The van der Waals surface area contributed by atoms with Crippen molar-refractivity contribution in [3.05, 3.63) is 53.9 Å². The van der Waals surface area contributed by atoms with Crippen molar-refractivity contribution < 1.29 is 9.90 Å². The van der Waals surface area contributed by atoms with Crippen molar-refractivity contribution in [3.8, 4) is 12.3 Å². The first-order chi connectivity index (χ1) is 10.9. The van der Waals surface area contributed by atoms with Crippen LogP contribution >= 0.6 is 0 Å². The maximum Gasteiger partial charge on any atom is 0.225 e. The Bertz CT molecular complexity index is 699. The summed E-state index contributed by atoms with van der Waals surface area (Å²) in [6, 6.07) is 9.20. The number of benzene rings is 1. The van der Waals surface area contributed by atoms with E-state index in [2.05, 4.69) is 11.0 Å². The highest BCUT2D eigenvalue weighted by Crippen LogP contribution is 2.25. The molecule has 5 heteroatoms. The molecule has 1 heterocycles. The number of carbonyl (C=O) groups excluding carboxylic acids is 1. The van der Waals surface area contributed by atoms with Crippen molar-refractivity contribution in [2.24, 2.45) is 0 Å². The summed E-state index contributed by atoms with van der Waals surface area (Å²) in [6.07, 6.45) is 8.77. The monoisotopic (exact) mass is 311 g/mol. The molecule has 2 aromatic rings. The van der Waals surface area contributed by atoms with E-state index < -0.39 is 5.60 Å². The van der Waals surface area contributed by atoms with E-state index in [1.165, 1.54) is 0 Å². The second kappa shape index (κ2) is 7.12. The zero-order valence-corrected chi connectivity index (χ0v) is 13.4. The summed E-state index contributed by atoms with van der Waals surface area (Å²) in [5.41, 5.74) is 0.430. The summed E-state index contributed by atoms with van der Waals surface area (Å²) in [7, 11) is 1.71. The number of rotatable bonds is 6. The maximum atomic E-state index is 12.4. The molecule has 1 aromatic carbocycles. The third kappa shape index (κ3) is 4.44. The van der Waals surface area contributed by atoms with Gasteiger partial charge >= 0.3 is 0 Å². The van der Waals surface area contributed by atoms with Crippen LogP contribution in [0.15, 0.2) is 42.7 Å². The van der Waals surface area contributed by atoms with Crippen LogP contribution < -0.4 is 0 Å². The van der Waals surface area contributed by atoms with Crippen LogP contribution in [-0.2, 0) is 23.5 Å². The number of terminal acetylenes is 1. The van der Waals surface area contributed by atoms with Gasteiger partial charge in [0.05, 0.1) is 18.2 Å². The Labute approximate surface area is 136 Å². The fraction of sp³-hybridized carbons (Fsp3) is 0.333. The molecule has 0 aliphatic rings. The van der Waals surface area contributed by atoms with Gasteiger partial charge in [0.25, 0.3) is 0 Å². The summed E-state index contributed by atoms with van der Waals surface area (Å²) in [6.45, 7) is 2.48. The number of aliphatic hydroxyl groups is 1. The van der Waals surface area contributed by atoms with E-state index in [1.807, 2.05) is 36.5 Å². The average molecular weight is 311 g/mol. The summed E-state index contributed by atoms with van der Waals surface area (Å²) in [5.74, 6) is 2.37. The summed E-state index contributed by atoms with van der Waals surface area (Å²) in [4.78, 5) is 14.0. The second-order valence-corrected chi connectivity index (χ2v) is 5.82. The van der Waals surface area contributed by atoms with Crippen LogP contribution in [0, 0.1) is 12.3 Å². The molecule has 0 aliphatic heterocycles. The lowest BCUT2D eigenvalue weighted by Gasteiger charge is -2.26. The van der Waals surface area contributed by atoms with Crippen molar-refractivity contribution in [2.75, 3.05) is 7.05 Å². The van der Waals surface area contributed by atoms with E-state index in [0.29, 0.717) is 13.1 Å². The Morgan fingerprint density at radius 2 is 2.13 bits per heavy atom. The summed E-state index contributed by atoms with van der Waals surface area (Å²) < 4.78 is 1.65. The van der Waals surface area contributed by atoms with Gasteiger partial charge in [-0.15, -0.1) is 6.42 Å². The normalized spacial score (nSPS) is 13.1. The number of nitrogens with zero attached hydrogens (tertiary/aromatic N) is 3. The molecule has 0 saturated heterocycles. The number of aromatic nitrogens is 2. The molecule has 1 N–H and O–H groups in total. The molecule has 5 nitrogen and oxygen atoms in total. The third-order valence-electron chi connectivity index (χ3n) is 3.68. The first kappa shape index (κ1) is 16.8. The lowest BCUT2D eigenvalue weighted by Crippen LogP contribution is -2.33. The molecule has 120 valence electrons. The van der Waals surface area contributed by atoms with Crippen LogP contribution in [-0.4, -0.2) is 32.7 Å². The van der Waals surface area contributed by atoms with Crippen LogP contribution in [0.5, 0.6) is 0 Å². The van der Waals surface area contributed by atoms with Gasteiger partial charge in [-0.3, -0.25) is 9.48 Å². The van der Waals surface area contributed by atoms with Gasteiger partial charge < -0.3 is 10.0 Å². The van der Waals surface area contributed by atoms with Crippen molar-refractivity contribution in [1.29, 1.82) is 0 Å². The largest absolute Gasteiger partial charge is 0.385 e. The van der Waals surface area contributed by atoms with E-state index >= 15 is 0 Å². The van der Waals surface area contributed by atoms with Crippen molar-refractivity contribution >= 4 is 5.91 Å².